The molecule has 1 unspecified atom stereocenters. The zero-order valence-corrected chi connectivity index (χ0v) is 14.0. The van der Waals surface area contributed by atoms with Crippen LogP contribution >= 0.6 is 12.4 Å². The molecule has 0 radical (unpaired) electrons. The quantitative estimate of drug-likeness (QED) is 0.930. The van der Waals surface area contributed by atoms with Crippen molar-refractivity contribution < 1.29 is 9.90 Å². The first-order valence-corrected chi connectivity index (χ1v) is 7.72. The van der Waals surface area contributed by atoms with E-state index in [4.69, 9.17) is 0 Å². The van der Waals surface area contributed by atoms with Gasteiger partial charge in [0.1, 0.15) is 0 Å². The van der Waals surface area contributed by atoms with Gasteiger partial charge in [-0.25, -0.2) is 0 Å². The van der Waals surface area contributed by atoms with Crippen molar-refractivity contribution >= 4 is 18.4 Å². The fraction of sp³-hybridized carbons (Fsp3) is 0.316. The molecule has 0 bridgehead atoms. The molecule has 1 N–H and O–H groups in total. The number of piperidine rings is 1. The smallest absolute Gasteiger partial charge is 0.309 e. The second-order valence-corrected chi connectivity index (χ2v) is 5.95. The van der Waals surface area contributed by atoms with E-state index in [1.807, 2.05) is 67.7 Å². The van der Waals surface area contributed by atoms with Crippen LogP contribution in [0.5, 0.6) is 0 Å². The second-order valence-electron chi connectivity index (χ2n) is 5.95. The molecule has 1 aliphatic heterocycles. The number of carboxylic acid groups (broad SMARTS) is 1. The molecule has 3 rings (SSSR count). The van der Waals surface area contributed by atoms with Crippen molar-refractivity contribution in [3.63, 3.8) is 0 Å². The molecule has 3 nitrogen and oxygen atoms in total. The lowest BCUT2D eigenvalue weighted by atomic mass is 9.68. The van der Waals surface area contributed by atoms with Gasteiger partial charge in [-0.3, -0.25) is 9.69 Å². The van der Waals surface area contributed by atoms with Crippen molar-refractivity contribution in [2.45, 2.75) is 18.4 Å². The number of likely N-dealkylation sites (tertiary alicyclic amines) is 1. The predicted octanol–water partition coefficient (Wildman–Crippen LogP) is 3.78. The lowest BCUT2D eigenvalue weighted by Gasteiger charge is -2.50. The Kier molecular flexibility index (Phi) is 5.45. The van der Waals surface area contributed by atoms with Crippen LogP contribution in [0.4, 0.5) is 0 Å². The minimum Gasteiger partial charge on any atom is -0.481 e. The molecule has 4 heteroatoms. The van der Waals surface area contributed by atoms with Crippen LogP contribution in [0.1, 0.15) is 24.0 Å². The number of hydrogen-bond acceptors (Lipinski definition) is 2. The maximum absolute atomic E-state index is 12.0. The summed E-state index contributed by atoms with van der Waals surface area (Å²) in [5.74, 6) is -1.17. The average molecular weight is 332 g/mol. The van der Waals surface area contributed by atoms with Crippen molar-refractivity contribution in [3.05, 3.63) is 71.8 Å². The van der Waals surface area contributed by atoms with Gasteiger partial charge in [0, 0.05) is 0 Å². The van der Waals surface area contributed by atoms with Crippen LogP contribution in [0.3, 0.4) is 0 Å². The number of aliphatic carboxylic acids is 1. The van der Waals surface area contributed by atoms with E-state index in [1.54, 1.807) is 0 Å². The minimum absolute atomic E-state index is 0. The van der Waals surface area contributed by atoms with Gasteiger partial charge in [0.25, 0.3) is 0 Å². The molecular weight excluding hydrogens is 310 g/mol. The number of benzene rings is 2. The highest BCUT2D eigenvalue weighted by Crippen LogP contribution is 2.46. The van der Waals surface area contributed by atoms with E-state index in [-0.39, 0.29) is 12.4 Å². The van der Waals surface area contributed by atoms with Gasteiger partial charge in [-0.2, -0.15) is 0 Å². The van der Waals surface area contributed by atoms with Crippen LogP contribution in [0.2, 0.25) is 0 Å². The van der Waals surface area contributed by atoms with Gasteiger partial charge in [-0.05, 0) is 37.6 Å². The number of rotatable bonds is 3. The first-order chi connectivity index (χ1) is 10.7. The predicted molar refractivity (Wildman–Crippen MR) is 93.9 cm³/mol. The maximum Gasteiger partial charge on any atom is 0.309 e. The number of carbonyl (C=O) groups is 1. The average Bonchev–Trinajstić information content (AvgIpc) is 2.56. The highest BCUT2D eigenvalue weighted by Gasteiger charge is 2.50. The van der Waals surface area contributed by atoms with Crippen molar-refractivity contribution in [2.24, 2.45) is 5.92 Å². The summed E-state index contributed by atoms with van der Waals surface area (Å²) in [4.78, 5) is 14.2. The van der Waals surface area contributed by atoms with Gasteiger partial charge in [-0.1, -0.05) is 60.7 Å². The fourth-order valence-electron chi connectivity index (χ4n) is 3.88. The van der Waals surface area contributed by atoms with Crippen LogP contribution in [0.15, 0.2) is 60.7 Å². The van der Waals surface area contributed by atoms with E-state index in [9.17, 15) is 9.90 Å². The van der Waals surface area contributed by atoms with E-state index in [1.165, 1.54) is 0 Å². The Balaban J connectivity index is 0.00000192. The van der Waals surface area contributed by atoms with Crippen molar-refractivity contribution in [3.8, 4) is 0 Å². The number of hydrogen-bond donors (Lipinski definition) is 1. The summed E-state index contributed by atoms with van der Waals surface area (Å²) < 4.78 is 0. The van der Waals surface area contributed by atoms with E-state index in [2.05, 4.69) is 4.90 Å². The van der Waals surface area contributed by atoms with Crippen molar-refractivity contribution in [1.82, 2.24) is 4.90 Å². The summed E-state index contributed by atoms with van der Waals surface area (Å²) in [7, 11) is 2.04. The van der Waals surface area contributed by atoms with E-state index in [0.29, 0.717) is 6.42 Å². The Labute approximate surface area is 143 Å². The minimum atomic E-state index is -0.723. The standard InChI is InChI=1S/C19H21NO2.ClH/c1-20-14-8-13-17(18(21)22)19(20,15-9-4-2-5-10-15)16-11-6-3-7-12-16;/h2-7,9-12,17H,8,13-14H2,1H3,(H,21,22);1H. The molecule has 2 aromatic rings. The summed E-state index contributed by atoms with van der Waals surface area (Å²) in [5, 5.41) is 9.89. The molecule has 1 fully saturated rings. The molecule has 23 heavy (non-hydrogen) atoms. The monoisotopic (exact) mass is 331 g/mol. The lowest BCUT2D eigenvalue weighted by Crippen LogP contribution is -2.56. The zero-order valence-electron chi connectivity index (χ0n) is 13.2. The molecule has 0 spiro atoms. The topological polar surface area (TPSA) is 40.5 Å². The molecule has 0 saturated carbocycles. The largest absolute Gasteiger partial charge is 0.481 e. The third-order valence-electron chi connectivity index (χ3n) is 4.82. The van der Waals surface area contributed by atoms with Gasteiger partial charge in [0.2, 0.25) is 0 Å². The van der Waals surface area contributed by atoms with Crippen molar-refractivity contribution in [1.29, 1.82) is 0 Å². The molecule has 1 atom stereocenters. The molecule has 2 aromatic carbocycles. The maximum atomic E-state index is 12.0. The fourth-order valence-corrected chi connectivity index (χ4v) is 3.88. The Morgan fingerprint density at radius 3 is 1.96 bits per heavy atom. The molecule has 0 amide bonds. The van der Waals surface area contributed by atoms with E-state index >= 15 is 0 Å². The highest BCUT2D eigenvalue weighted by molar-refractivity contribution is 5.85. The van der Waals surface area contributed by atoms with Crippen LogP contribution in [0, 0.1) is 5.92 Å². The molecule has 0 aromatic heterocycles. The molecule has 1 aliphatic rings. The summed E-state index contributed by atoms with van der Waals surface area (Å²) in [6.45, 7) is 0.896. The second kappa shape index (κ2) is 7.16. The van der Waals surface area contributed by atoms with Gasteiger partial charge < -0.3 is 5.11 Å². The Bertz CT molecular complexity index is 605. The first kappa shape index (κ1) is 17.5. The number of carboxylic acids is 1. The third-order valence-corrected chi connectivity index (χ3v) is 4.82. The van der Waals surface area contributed by atoms with Crippen LogP contribution in [-0.2, 0) is 10.3 Å². The van der Waals surface area contributed by atoms with Crippen molar-refractivity contribution in [2.75, 3.05) is 13.6 Å². The van der Waals surface area contributed by atoms with Crippen LogP contribution in [-0.4, -0.2) is 29.6 Å². The van der Waals surface area contributed by atoms with Crippen LogP contribution in [0.25, 0.3) is 0 Å². The molecule has 0 aliphatic carbocycles. The van der Waals surface area contributed by atoms with Gasteiger partial charge in [0.15, 0.2) is 0 Å². The molecule has 1 heterocycles. The van der Waals surface area contributed by atoms with E-state index < -0.39 is 17.4 Å². The summed E-state index contributed by atoms with van der Waals surface area (Å²) in [5.41, 5.74) is 1.50. The SMILES string of the molecule is CN1CCCC(C(=O)O)C1(c1ccccc1)c1ccccc1.Cl. The number of nitrogens with zero attached hydrogens (tertiary/aromatic N) is 1. The summed E-state index contributed by atoms with van der Waals surface area (Å²) in [6, 6.07) is 20.1. The lowest BCUT2D eigenvalue weighted by molar-refractivity contribution is -0.149. The van der Waals surface area contributed by atoms with E-state index in [0.717, 1.165) is 24.1 Å². The molecular formula is C19H22ClNO2. The summed E-state index contributed by atoms with van der Waals surface area (Å²) in [6.07, 6.45) is 1.61. The normalized spacial score (nSPS) is 20.5. The highest BCUT2D eigenvalue weighted by atomic mass is 35.5. The first-order valence-electron chi connectivity index (χ1n) is 7.72. The van der Waals surface area contributed by atoms with Gasteiger partial charge in [-0.15, -0.1) is 12.4 Å². The Morgan fingerprint density at radius 1 is 1.04 bits per heavy atom. The van der Waals surface area contributed by atoms with Crippen LogP contribution < -0.4 is 0 Å². The molecule has 122 valence electrons. The van der Waals surface area contributed by atoms with Gasteiger partial charge >= 0.3 is 5.97 Å². The Hall–Kier alpha value is -1.84. The Morgan fingerprint density at radius 2 is 1.52 bits per heavy atom. The zero-order chi connectivity index (χ0) is 15.6. The third kappa shape index (κ3) is 2.87. The summed E-state index contributed by atoms with van der Waals surface area (Å²) >= 11 is 0. The molecule has 1 saturated heterocycles. The number of halogens is 1. The van der Waals surface area contributed by atoms with Gasteiger partial charge in [0.05, 0.1) is 11.5 Å².